The van der Waals surface area contributed by atoms with E-state index in [0.717, 1.165) is 22.6 Å². The summed E-state index contributed by atoms with van der Waals surface area (Å²) < 4.78 is 1.90. The average molecular weight is 438 g/mol. The van der Waals surface area contributed by atoms with Crippen molar-refractivity contribution in [1.82, 2.24) is 25.1 Å². The largest absolute Gasteiger partial charge is 0.348 e. The molecule has 32 heavy (non-hydrogen) atoms. The van der Waals surface area contributed by atoms with Crippen molar-refractivity contribution in [2.45, 2.75) is 58.5 Å². The summed E-state index contributed by atoms with van der Waals surface area (Å²) in [5.41, 5.74) is 0.960. The lowest BCUT2D eigenvalue weighted by Gasteiger charge is -2.43. The molecule has 2 heterocycles. The number of nitrogens with zero attached hydrogens (tertiary/aromatic N) is 3. The molecule has 170 valence electrons. The van der Waals surface area contributed by atoms with Crippen molar-refractivity contribution < 1.29 is 14.4 Å². The van der Waals surface area contributed by atoms with E-state index in [1.54, 1.807) is 12.5 Å². The van der Waals surface area contributed by atoms with Crippen LogP contribution in [0, 0.1) is 11.3 Å². The maximum Gasteiger partial charge on any atom is 0.325 e. The Bertz CT molecular complexity index is 1010. The molecule has 4 amide bonds. The number of imidazole rings is 1. The van der Waals surface area contributed by atoms with Crippen LogP contribution in [0.5, 0.6) is 0 Å². The van der Waals surface area contributed by atoms with Gasteiger partial charge in [0.15, 0.2) is 0 Å². The molecule has 2 aromatic rings. The Labute approximate surface area is 188 Å². The molecule has 8 nitrogen and oxygen atoms in total. The topological polar surface area (TPSA) is 96.3 Å². The summed E-state index contributed by atoms with van der Waals surface area (Å²) in [4.78, 5) is 43.6. The maximum atomic E-state index is 13.2. The van der Waals surface area contributed by atoms with Gasteiger partial charge in [-0.2, -0.15) is 0 Å². The van der Waals surface area contributed by atoms with Crippen LogP contribution in [0.25, 0.3) is 5.69 Å². The van der Waals surface area contributed by atoms with Crippen molar-refractivity contribution in [3.8, 4) is 5.69 Å². The highest BCUT2D eigenvalue weighted by Gasteiger charge is 2.56. The number of carbonyl (C=O) groups excluding carboxylic acids is 3. The Kier molecular flexibility index (Phi) is 5.56. The molecule has 4 rings (SSSR count). The van der Waals surface area contributed by atoms with Crippen LogP contribution in [0.1, 0.15) is 58.6 Å². The van der Waals surface area contributed by atoms with Gasteiger partial charge in [-0.3, -0.25) is 14.5 Å². The van der Waals surface area contributed by atoms with Crippen molar-refractivity contribution in [1.29, 1.82) is 0 Å². The summed E-state index contributed by atoms with van der Waals surface area (Å²) in [6, 6.07) is 7.04. The number of rotatable bonds is 5. The normalized spacial score (nSPS) is 25.6. The first-order chi connectivity index (χ1) is 15.1. The average Bonchev–Trinajstić information content (AvgIpc) is 3.30. The molecule has 1 aromatic carbocycles. The summed E-state index contributed by atoms with van der Waals surface area (Å²) in [6.07, 6.45) is 7.51. The minimum absolute atomic E-state index is 0.0454. The van der Waals surface area contributed by atoms with Crippen molar-refractivity contribution >= 4 is 17.8 Å². The molecule has 1 aliphatic heterocycles. The minimum Gasteiger partial charge on any atom is -0.348 e. The Morgan fingerprint density at radius 3 is 2.59 bits per heavy atom. The zero-order valence-electron chi connectivity index (χ0n) is 19.1. The van der Waals surface area contributed by atoms with E-state index in [1.807, 2.05) is 42.0 Å². The fraction of sp³-hybridized carbons (Fsp3) is 0.500. The predicted molar refractivity (Wildman–Crippen MR) is 120 cm³/mol. The van der Waals surface area contributed by atoms with Crippen LogP contribution >= 0.6 is 0 Å². The highest BCUT2D eigenvalue weighted by Crippen LogP contribution is 2.46. The number of carbonyl (C=O) groups is 3. The summed E-state index contributed by atoms with van der Waals surface area (Å²) in [5, 5.41) is 5.82. The van der Waals surface area contributed by atoms with Gasteiger partial charge in [0.25, 0.3) is 5.91 Å². The van der Waals surface area contributed by atoms with E-state index in [4.69, 9.17) is 0 Å². The molecule has 0 radical (unpaired) electrons. The van der Waals surface area contributed by atoms with Gasteiger partial charge >= 0.3 is 6.03 Å². The molecule has 1 spiro atoms. The smallest absolute Gasteiger partial charge is 0.325 e. The quantitative estimate of drug-likeness (QED) is 0.702. The molecule has 2 fully saturated rings. The van der Waals surface area contributed by atoms with Gasteiger partial charge in [-0.25, -0.2) is 9.78 Å². The number of imide groups is 1. The minimum atomic E-state index is -0.896. The number of hydrogen-bond donors (Lipinski definition) is 2. The number of aromatic nitrogens is 2. The van der Waals surface area contributed by atoms with Gasteiger partial charge in [0, 0.05) is 18.1 Å². The van der Waals surface area contributed by atoms with E-state index >= 15 is 0 Å². The Hall–Kier alpha value is -3.16. The lowest BCUT2D eigenvalue weighted by atomic mass is 9.64. The van der Waals surface area contributed by atoms with E-state index in [-0.39, 0.29) is 29.8 Å². The maximum absolute atomic E-state index is 13.2. The fourth-order valence-electron chi connectivity index (χ4n) is 5.51. The molecule has 0 bridgehead atoms. The zero-order chi connectivity index (χ0) is 23.1. The molecule has 1 aliphatic carbocycles. The van der Waals surface area contributed by atoms with E-state index in [2.05, 4.69) is 36.4 Å². The van der Waals surface area contributed by atoms with Crippen LogP contribution in [0.15, 0.2) is 43.0 Å². The van der Waals surface area contributed by atoms with E-state index < -0.39 is 11.6 Å². The molecule has 2 N–H and O–H groups in total. The standard InChI is InChI=1S/C24H31N5O3/c1-16-11-23(3,4)14-24(12-16)21(31)29(22(32)27-24)13-20(30)26-17(2)18-5-7-19(8-6-18)28-10-9-25-15-28/h5-10,15-17H,11-14H2,1-4H3,(H,26,30)(H,27,32). The second-order valence-corrected chi connectivity index (χ2v) is 10.1. The SMILES string of the molecule is CC1CC(C)(C)CC2(C1)NC(=O)N(CC(=O)NC(C)c1ccc(-n3ccnc3)cc1)C2=O. The zero-order valence-corrected chi connectivity index (χ0v) is 19.1. The first-order valence-corrected chi connectivity index (χ1v) is 11.1. The number of benzene rings is 1. The van der Waals surface area contributed by atoms with Crippen molar-refractivity contribution in [2.75, 3.05) is 6.54 Å². The monoisotopic (exact) mass is 437 g/mol. The predicted octanol–water partition coefficient (Wildman–Crippen LogP) is 3.19. The molecule has 1 aromatic heterocycles. The van der Waals surface area contributed by atoms with E-state index in [1.165, 1.54) is 0 Å². The second-order valence-electron chi connectivity index (χ2n) is 10.1. The van der Waals surface area contributed by atoms with Gasteiger partial charge in [0.05, 0.1) is 12.4 Å². The van der Waals surface area contributed by atoms with Crippen LogP contribution < -0.4 is 10.6 Å². The van der Waals surface area contributed by atoms with Crippen molar-refractivity contribution in [3.63, 3.8) is 0 Å². The van der Waals surface area contributed by atoms with Gasteiger partial charge in [-0.1, -0.05) is 32.9 Å². The molecule has 1 saturated carbocycles. The molecular weight excluding hydrogens is 406 g/mol. The molecule has 1 saturated heterocycles. The van der Waals surface area contributed by atoms with Crippen LogP contribution in [-0.2, 0) is 9.59 Å². The van der Waals surface area contributed by atoms with Gasteiger partial charge in [-0.05, 0) is 55.2 Å². The molecule has 3 atom stereocenters. The van der Waals surface area contributed by atoms with Crippen LogP contribution in [-0.4, -0.2) is 44.4 Å². The lowest BCUT2D eigenvalue weighted by Crippen LogP contribution is -2.54. The van der Waals surface area contributed by atoms with Gasteiger partial charge in [-0.15, -0.1) is 0 Å². The molecule has 3 unspecified atom stereocenters. The first-order valence-electron chi connectivity index (χ1n) is 11.1. The third-order valence-electron chi connectivity index (χ3n) is 6.50. The third kappa shape index (κ3) is 4.26. The van der Waals surface area contributed by atoms with Crippen LogP contribution in [0.3, 0.4) is 0 Å². The Morgan fingerprint density at radius 1 is 1.25 bits per heavy atom. The summed E-state index contributed by atoms with van der Waals surface area (Å²) in [7, 11) is 0. The number of amides is 4. The first kappa shape index (κ1) is 22.0. The van der Waals surface area contributed by atoms with Gasteiger partial charge in [0.2, 0.25) is 5.91 Å². The summed E-state index contributed by atoms with van der Waals surface area (Å²) in [6.45, 7) is 7.96. The number of hydrogen-bond acceptors (Lipinski definition) is 4. The van der Waals surface area contributed by atoms with E-state index in [9.17, 15) is 14.4 Å². The van der Waals surface area contributed by atoms with Gasteiger partial charge < -0.3 is 15.2 Å². The fourth-order valence-corrected chi connectivity index (χ4v) is 5.51. The van der Waals surface area contributed by atoms with Crippen LogP contribution in [0.4, 0.5) is 4.79 Å². The lowest BCUT2D eigenvalue weighted by molar-refractivity contribution is -0.137. The van der Waals surface area contributed by atoms with E-state index in [0.29, 0.717) is 18.8 Å². The third-order valence-corrected chi connectivity index (χ3v) is 6.50. The Balaban J connectivity index is 1.39. The molecular formula is C24H31N5O3. The summed E-state index contributed by atoms with van der Waals surface area (Å²) >= 11 is 0. The van der Waals surface area contributed by atoms with Crippen molar-refractivity contribution in [3.05, 3.63) is 48.5 Å². The van der Waals surface area contributed by atoms with Crippen LogP contribution in [0.2, 0.25) is 0 Å². The molecule has 2 aliphatic rings. The second kappa shape index (κ2) is 8.07. The highest BCUT2D eigenvalue weighted by atomic mass is 16.2. The summed E-state index contributed by atoms with van der Waals surface area (Å²) in [5.74, 6) is -0.323. The highest BCUT2D eigenvalue weighted by molar-refractivity contribution is 6.09. The van der Waals surface area contributed by atoms with Gasteiger partial charge in [0.1, 0.15) is 12.1 Å². The molecule has 8 heteroatoms. The number of urea groups is 1. The van der Waals surface area contributed by atoms with Crippen molar-refractivity contribution in [2.24, 2.45) is 11.3 Å². The number of nitrogens with one attached hydrogen (secondary N) is 2. The Morgan fingerprint density at radius 2 is 1.97 bits per heavy atom.